The molecule has 6 nitrogen and oxygen atoms in total. The lowest BCUT2D eigenvalue weighted by Gasteiger charge is -2.22. The van der Waals surface area contributed by atoms with Crippen LogP contribution < -0.4 is 10.0 Å². The van der Waals surface area contributed by atoms with E-state index < -0.39 is 16.0 Å². The van der Waals surface area contributed by atoms with Crippen molar-refractivity contribution in [2.45, 2.75) is 26.2 Å². The number of piperidine rings is 1. The van der Waals surface area contributed by atoms with Crippen LogP contribution in [0.15, 0.2) is 0 Å². The highest BCUT2D eigenvalue weighted by atomic mass is 32.2. The normalized spacial score (nSPS) is 17.1. The monoisotopic (exact) mass is 266 g/mol. The van der Waals surface area contributed by atoms with E-state index in [0.717, 1.165) is 39.3 Å². The van der Waals surface area contributed by atoms with E-state index in [9.17, 15) is 8.42 Å². The Kier molecular flexibility index (Phi) is 8.11. The SMILES string of the molecule is CC(=O)O.CNS(=O)(=O)CCC1CCNCC1. The number of nitrogens with one attached hydrogen (secondary N) is 2. The van der Waals surface area contributed by atoms with Crippen molar-refractivity contribution in [2.75, 3.05) is 25.9 Å². The molecule has 0 aromatic carbocycles. The third-order valence-corrected chi connectivity index (χ3v) is 3.96. The summed E-state index contributed by atoms with van der Waals surface area (Å²) in [5.74, 6) is 0.0260. The predicted molar refractivity (Wildman–Crippen MR) is 66.4 cm³/mol. The van der Waals surface area contributed by atoms with Crippen LogP contribution in [0.4, 0.5) is 0 Å². The van der Waals surface area contributed by atoms with Crippen LogP contribution in [0.5, 0.6) is 0 Å². The third kappa shape index (κ3) is 10.2. The Labute approximate surface area is 103 Å². The first kappa shape index (κ1) is 16.3. The first-order valence-electron chi connectivity index (χ1n) is 5.69. The molecule has 17 heavy (non-hydrogen) atoms. The number of sulfonamides is 1. The number of rotatable bonds is 4. The Morgan fingerprint density at radius 3 is 2.29 bits per heavy atom. The average Bonchev–Trinajstić information content (AvgIpc) is 2.27. The second-order valence-electron chi connectivity index (χ2n) is 4.02. The first-order chi connectivity index (χ1) is 7.87. The highest BCUT2D eigenvalue weighted by Gasteiger charge is 2.16. The molecule has 1 heterocycles. The molecule has 0 amide bonds. The first-order valence-corrected chi connectivity index (χ1v) is 7.34. The Bertz CT molecular complexity index is 306. The van der Waals surface area contributed by atoms with Crippen molar-refractivity contribution >= 4 is 16.0 Å². The Balaban J connectivity index is 0.000000557. The van der Waals surface area contributed by atoms with Crippen LogP contribution in [0.2, 0.25) is 0 Å². The zero-order valence-corrected chi connectivity index (χ0v) is 11.2. The van der Waals surface area contributed by atoms with Gasteiger partial charge in [-0.25, -0.2) is 13.1 Å². The molecule has 0 saturated carbocycles. The molecule has 1 rings (SSSR count). The number of hydrogen-bond donors (Lipinski definition) is 3. The maximum absolute atomic E-state index is 11.1. The van der Waals surface area contributed by atoms with Gasteiger partial charge in [-0.05, 0) is 45.3 Å². The molecule has 0 radical (unpaired) electrons. The van der Waals surface area contributed by atoms with Gasteiger partial charge in [0.05, 0.1) is 5.75 Å². The predicted octanol–water partition coefficient (Wildman–Crippen LogP) is 0.0162. The summed E-state index contributed by atoms with van der Waals surface area (Å²) in [7, 11) is -1.52. The van der Waals surface area contributed by atoms with E-state index in [1.807, 2.05) is 0 Å². The molecular weight excluding hydrogens is 244 g/mol. The minimum absolute atomic E-state index is 0.272. The summed E-state index contributed by atoms with van der Waals surface area (Å²) in [6.07, 6.45) is 3.02. The molecule has 0 aromatic heterocycles. The molecule has 0 unspecified atom stereocenters. The van der Waals surface area contributed by atoms with Crippen LogP contribution in [-0.4, -0.2) is 45.4 Å². The van der Waals surface area contributed by atoms with E-state index in [0.29, 0.717) is 5.92 Å². The van der Waals surface area contributed by atoms with Crippen LogP contribution in [0, 0.1) is 5.92 Å². The second-order valence-corrected chi connectivity index (χ2v) is 6.07. The van der Waals surface area contributed by atoms with Crippen molar-refractivity contribution in [1.29, 1.82) is 0 Å². The molecule has 1 aliphatic rings. The van der Waals surface area contributed by atoms with Crippen molar-refractivity contribution in [3.8, 4) is 0 Å². The second kappa shape index (κ2) is 8.43. The molecular formula is C10H22N2O4S. The summed E-state index contributed by atoms with van der Waals surface area (Å²) < 4.78 is 24.6. The zero-order valence-electron chi connectivity index (χ0n) is 10.4. The van der Waals surface area contributed by atoms with Crippen LogP contribution in [0.25, 0.3) is 0 Å². The maximum Gasteiger partial charge on any atom is 0.300 e. The largest absolute Gasteiger partial charge is 0.481 e. The Morgan fingerprint density at radius 1 is 1.41 bits per heavy atom. The molecule has 3 N–H and O–H groups in total. The van der Waals surface area contributed by atoms with Gasteiger partial charge in [-0.1, -0.05) is 0 Å². The van der Waals surface area contributed by atoms with Crippen LogP contribution >= 0.6 is 0 Å². The minimum Gasteiger partial charge on any atom is -0.481 e. The number of carboxylic acids is 1. The van der Waals surface area contributed by atoms with Gasteiger partial charge in [-0.15, -0.1) is 0 Å². The number of carbonyl (C=O) groups is 1. The van der Waals surface area contributed by atoms with Crippen molar-refractivity contribution < 1.29 is 18.3 Å². The van der Waals surface area contributed by atoms with E-state index >= 15 is 0 Å². The van der Waals surface area contributed by atoms with Crippen molar-refractivity contribution in [2.24, 2.45) is 5.92 Å². The van der Waals surface area contributed by atoms with Crippen LogP contribution in [0.1, 0.15) is 26.2 Å². The smallest absolute Gasteiger partial charge is 0.300 e. The van der Waals surface area contributed by atoms with E-state index in [1.54, 1.807) is 0 Å². The van der Waals surface area contributed by atoms with Gasteiger partial charge in [0.25, 0.3) is 5.97 Å². The summed E-state index contributed by atoms with van der Waals surface area (Å²) >= 11 is 0. The van der Waals surface area contributed by atoms with Gasteiger partial charge in [0.15, 0.2) is 0 Å². The van der Waals surface area contributed by atoms with Gasteiger partial charge >= 0.3 is 0 Å². The quantitative estimate of drug-likeness (QED) is 0.666. The van der Waals surface area contributed by atoms with Gasteiger partial charge in [0.2, 0.25) is 10.0 Å². The Hall–Kier alpha value is -0.660. The van der Waals surface area contributed by atoms with Crippen LogP contribution in [0.3, 0.4) is 0 Å². The Morgan fingerprint density at radius 2 is 1.88 bits per heavy atom. The summed E-state index contributed by atoms with van der Waals surface area (Å²) in [4.78, 5) is 9.00. The molecule has 102 valence electrons. The minimum atomic E-state index is -2.99. The summed E-state index contributed by atoms with van der Waals surface area (Å²) in [5.41, 5.74) is 0. The van der Waals surface area contributed by atoms with E-state index in [-0.39, 0.29) is 5.75 Å². The lowest BCUT2D eigenvalue weighted by Crippen LogP contribution is -2.30. The highest BCUT2D eigenvalue weighted by molar-refractivity contribution is 7.89. The zero-order chi connectivity index (χ0) is 13.3. The van der Waals surface area contributed by atoms with Crippen LogP contribution in [-0.2, 0) is 14.8 Å². The van der Waals surface area contributed by atoms with Gasteiger partial charge < -0.3 is 10.4 Å². The van der Waals surface area contributed by atoms with Gasteiger partial charge in [-0.3, -0.25) is 4.79 Å². The molecule has 7 heteroatoms. The summed E-state index contributed by atoms with van der Waals surface area (Å²) in [6, 6.07) is 0. The van der Waals surface area contributed by atoms with Crippen molar-refractivity contribution in [3.63, 3.8) is 0 Å². The lowest BCUT2D eigenvalue weighted by atomic mass is 9.96. The average molecular weight is 266 g/mol. The molecule has 1 fully saturated rings. The molecule has 0 aliphatic carbocycles. The van der Waals surface area contributed by atoms with E-state index in [2.05, 4.69) is 10.0 Å². The maximum atomic E-state index is 11.1. The standard InChI is InChI=1S/C8H18N2O2S.C2H4O2/c1-9-13(11,12)7-4-8-2-5-10-6-3-8;1-2(3)4/h8-10H,2-7H2,1H3;1H3,(H,3,4). The number of aliphatic carboxylic acids is 1. The van der Waals surface area contributed by atoms with Gasteiger partial charge in [0.1, 0.15) is 0 Å². The molecule has 0 spiro atoms. The molecule has 0 atom stereocenters. The van der Waals surface area contributed by atoms with Gasteiger partial charge in [0, 0.05) is 6.92 Å². The fourth-order valence-electron chi connectivity index (χ4n) is 1.59. The third-order valence-electron chi connectivity index (χ3n) is 2.56. The highest BCUT2D eigenvalue weighted by Crippen LogP contribution is 2.16. The van der Waals surface area contributed by atoms with E-state index in [4.69, 9.17) is 9.90 Å². The fraction of sp³-hybridized carbons (Fsp3) is 0.900. The molecule has 0 bridgehead atoms. The van der Waals surface area contributed by atoms with Crippen molar-refractivity contribution in [1.82, 2.24) is 10.0 Å². The topological polar surface area (TPSA) is 95.5 Å². The summed E-state index contributed by atoms with van der Waals surface area (Å²) in [6.45, 7) is 3.15. The van der Waals surface area contributed by atoms with Crippen molar-refractivity contribution in [3.05, 3.63) is 0 Å². The lowest BCUT2D eigenvalue weighted by molar-refractivity contribution is -0.134. The van der Waals surface area contributed by atoms with Gasteiger partial charge in [-0.2, -0.15) is 0 Å². The molecule has 1 saturated heterocycles. The number of hydrogen-bond acceptors (Lipinski definition) is 4. The molecule has 0 aromatic rings. The fourth-order valence-corrected chi connectivity index (χ4v) is 2.44. The molecule has 1 aliphatic heterocycles. The summed E-state index contributed by atoms with van der Waals surface area (Å²) in [5, 5.41) is 10.7. The number of carboxylic acid groups (broad SMARTS) is 1. The van der Waals surface area contributed by atoms with E-state index in [1.165, 1.54) is 7.05 Å².